The van der Waals surface area contributed by atoms with Crippen molar-refractivity contribution < 1.29 is 9.53 Å². The summed E-state index contributed by atoms with van der Waals surface area (Å²) in [6.07, 6.45) is 16.1. The molecule has 0 bridgehead atoms. The van der Waals surface area contributed by atoms with Crippen molar-refractivity contribution in [1.29, 1.82) is 5.26 Å². The van der Waals surface area contributed by atoms with Gasteiger partial charge in [-0.05, 0) is 67.0 Å². The third kappa shape index (κ3) is 8.65. The topological polar surface area (TPSA) is 79.9 Å². The molecule has 0 fully saturated rings. The Morgan fingerprint density at radius 3 is 2.55 bits per heavy atom. The van der Waals surface area contributed by atoms with Crippen molar-refractivity contribution in [3.8, 4) is 11.8 Å². The van der Waals surface area contributed by atoms with Crippen molar-refractivity contribution in [3.05, 3.63) is 119 Å². The summed E-state index contributed by atoms with van der Waals surface area (Å²) in [5, 5.41) is 16.7. The number of nitrogens with zero attached hydrogens (tertiary/aromatic N) is 3. The fourth-order valence-electron chi connectivity index (χ4n) is 4.86. The van der Waals surface area contributed by atoms with Gasteiger partial charge in [-0.1, -0.05) is 67.1 Å². The molecule has 40 heavy (non-hydrogen) atoms. The standard InChI is InChI=1S/C34H38N4O2/c1-26(29-18-15-28(21-35)16-19-29)22-36-24-33(30-11-4-3-5-12-30)34(39)14-8-10-27-9-6-7-13-31(20-17-27)40-32-23-37-38(2)25-32/h3-5,9,11-13,15-20,23,25-26,33,36H,6-8,10,14,22,24H2,1-2H3/b20-17-,27-9-,31-13-/t26-,33-/m0/s1. The van der Waals surface area contributed by atoms with Crippen LogP contribution in [0.2, 0.25) is 0 Å². The van der Waals surface area contributed by atoms with Gasteiger partial charge in [0.15, 0.2) is 5.75 Å². The van der Waals surface area contributed by atoms with Crippen LogP contribution in [0, 0.1) is 11.3 Å². The molecule has 0 spiro atoms. The molecule has 1 aliphatic carbocycles. The molecule has 1 heterocycles. The van der Waals surface area contributed by atoms with Crippen LogP contribution >= 0.6 is 0 Å². The number of ketones is 1. The lowest BCUT2D eigenvalue weighted by atomic mass is 9.90. The van der Waals surface area contributed by atoms with Gasteiger partial charge < -0.3 is 10.1 Å². The van der Waals surface area contributed by atoms with E-state index in [1.807, 2.05) is 73.9 Å². The van der Waals surface area contributed by atoms with Gasteiger partial charge in [-0.2, -0.15) is 10.4 Å². The Morgan fingerprint density at radius 1 is 1.05 bits per heavy atom. The molecule has 2 aromatic carbocycles. The summed E-state index contributed by atoms with van der Waals surface area (Å²) in [6.45, 7) is 3.52. The van der Waals surface area contributed by atoms with Crippen LogP contribution in [0.5, 0.6) is 5.75 Å². The fourth-order valence-corrected chi connectivity index (χ4v) is 4.86. The van der Waals surface area contributed by atoms with E-state index in [9.17, 15) is 4.79 Å². The zero-order chi connectivity index (χ0) is 28.2. The predicted octanol–water partition coefficient (Wildman–Crippen LogP) is 6.75. The highest BCUT2D eigenvalue weighted by molar-refractivity contribution is 5.86. The number of allylic oxidation sites excluding steroid dienone is 5. The van der Waals surface area contributed by atoms with E-state index >= 15 is 0 Å². The summed E-state index contributed by atoms with van der Waals surface area (Å²) in [5.41, 5.74) is 4.13. The maximum atomic E-state index is 13.4. The lowest BCUT2D eigenvalue weighted by Crippen LogP contribution is -2.29. The first-order chi connectivity index (χ1) is 19.5. The maximum absolute atomic E-state index is 13.4. The first-order valence-corrected chi connectivity index (χ1v) is 14.0. The van der Waals surface area contributed by atoms with Crippen LogP contribution < -0.4 is 10.1 Å². The Morgan fingerprint density at radius 2 is 1.82 bits per heavy atom. The molecule has 3 aromatic rings. The van der Waals surface area contributed by atoms with Crippen molar-refractivity contribution in [1.82, 2.24) is 15.1 Å². The minimum absolute atomic E-state index is 0.182. The van der Waals surface area contributed by atoms with Gasteiger partial charge in [0, 0.05) is 26.6 Å². The summed E-state index contributed by atoms with van der Waals surface area (Å²) in [7, 11) is 1.87. The van der Waals surface area contributed by atoms with Crippen LogP contribution in [-0.2, 0) is 11.8 Å². The fraction of sp³-hybridized carbons (Fsp3) is 0.324. The van der Waals surface area contributed by atoms with Gasteiger partial charge in [-0.3, -0.25) is 9.48 Å². The molecule has 0 aliphatic heterocycles. The number of nitriles is 1. The number of carbonyl (C=O) groups is 1. The van der Waals surface area contributed by atoms with Crippen molar-refractivity contribution in [2.45, 2.75) is 50.9 Å². The lowest BCUT2D eigenvalue weighted by molar-refractivity contribution is -0.120. The van der Waals surface area contributed by atoms with Gasteiger partial charge in [-0.25, -0.2) is 0 Å². The highest BCUT2D eigenvalue weighted by Crippen LogP contribution is 2.23. The Balaban J connectivity index is 1.29. The monoisotopic (exact) mass is 534 g/mol. The van der Waals surface area contributed by atoms with Gasteiger partial charge in [0.1, 0.15) is 11.5 Å². The smallest absolute Gasteiger partial charge is 0.165 e. The second-order valence-corrected chi connectivity index (χ2v) is 10.3. The summed E-state index contributed by atoms with van der Waals surface area (Å²) in [6, 6.07) is 20.0. The molecule has 206 valence electrons. The largest absolute Gasteiger partial charge is 0.454 e. The number of hydrogen-bond acceptors (Lipinski definition) is 5. The molecule has 6 nitrogen and oxygen atoms in total. The van der Waals surface area contributed by atoms with E-state index in [4.69, 9.17) is 10.00 Å². The minimum atomic E-state index is -0.182. The van der Waals surface area contributed by atoms with Crippen LogP contribution in [0.15, 0.2) is 103 Å². The molecular formula is C34H38N4O2. The zero-order valence-corrected chi connectivity index (χ0v) is 23.4. The van der Waals surface area contributed by atoms with E-state index in [0.29, 0.717) is 18.5 Å². The molecule has 0 radical (unpaired) electrons. The maximum Gasteiger partial charge on any atom is 0.165 e. The third-order valence-electron chi connectivity index (χ3n) is 7.18. The second kappa shape index (κ2) is 14.8. The normalized spacial score (nSPS) is 18.1. The Hall–Kier alpha value is -4.21. The van der Waals surface area contributed by atoms with E-state index in [2.05, 4.69) is 41.6 Å². The van der Waals surface area contributed by atoms with Crippen LogP contribution in [0.1, 0.15) is 67.6 Å². The Bertz CT molecular complexity index is 1380. The highest BCUT2D eigenvalue weighted by atomic mass is 16.5. The predicted molar refractivity (Wildman–Crippen MR) is 159 cm³/mol. The number of ether oxygens (including phenoxy) is 1. The van der Waals surface area contributed by atoms with Gasteiger partial charge in [0.05, 0.1) is 29.9 Å². The molecule has 0 saturated heterocycles. The Labute approximate surface area is 237 Å². The number of aryl methyl sites for hydroxylation is 1. The molecule has 1 aromatic heterocycles. The van der Waals surface area contributed by atoms with Gasteiger partial charge in [-0.15, -0.1) is 0 Å². The summed E-state index contributed by atoms with van der Waals surface area (Å²) < 4.78 is 7.69. The number of carbonyl (C=O) groups excluding carboxylic acids is 1. The average molecular weight is 535 g/mol. The van der Waals surface area contributed by atoms with Crippen LogP contribution in [0.3, 0.4) is 0 Å². The van der Waals surface area contributed by atoms with Gasteiger partial charge in [0.25, 0.3) is 0 Å². The number of hydrogen-bond donors (Lipinski definition) is 1. The molecule has 2 atom stereocenters. The average Bonchev–Trinajstić information content (AvgIpc) is 3.38. The lowest BCUT2D eigenvalue weighted by Gasteiger charge is -2.19. The molecule has 0 unspecified atom stereocenters. The second-order valence-electron chi connectivity index (χ2n) is 10.3. The van der Waals surface area contributed by atoms with Crippen molar-refractivity contribution in [3.63, 3.8) is 0 Å². The number of nitrogens with one attached hydrogen (secondary N) is 1. The Kier molecular flexibility index (Phi) is 10.7. The van der Waals surface area contributed by atoms with E-state index < -0.39 is 0 Å². The number of Topliss-reactive ketones (excluding diaryl/α,β-unsaturated/α-hetero) is 1. The highest BCUT2D eigenvalue weighted by Gasteiger charge is 2.20. The van der Waals surface area contributed by atoms with Crippen molar-refractivity contribution in [2.24, 2.45) is 7.05 Å². The molecule has 0 amide bonds. The van der Waals surface area contributed by atoms with Crippen LogP contribution in [0.25, 0.3) is 0 Å². The summed E-state index contributed by atoms with van der Waals surface area (Å²) in [5.74, 6) is 1.90. The van der Waals surface area contributed by atoms with E-state index in [-0.39, 0.29) is 17.6 Å². The number of rotatable bonds is 13. The molecule has 0 saturated carbocycles. The first-order valence-electron chi connectivity index (χ1n) is 14.0. The van der Waals surface area contributed by atoms with Gasteiger partial charge in [0.2, 0.25) is 0 Å². The first kappa shape index (κ1) is 28.8. The van der Waals surface area contributed by atoms with Gasteiger partial charge >= 0.3 is 0 Å². The van der Waals surface area contributed by atoms with Crippen LogP contribution in [-0.4, -0.2) is 28.7 Å². The zero-order valence-electron chi connectivity index (χ0n) is 23.4. The molecule has 4 rings (SSSR count). The SMILES string of the molecule is C[C@@H](CNC[C@H](C(=O)CCCC1=C/CC/C=C(Oc2cnn(C)c2)/C=C\1)c1ccccc1)c1ccc(C#N)cc1. The minimum Gasteiger partial charge on any atom is -0.454 e. The molecule has 1 aliphatic rings. The summed E-state index contributed by atoms with van der Waals surface area (Å²) in [4.78, 5) is 13.4. The van der Waals surface area contributed by atoms with E-state index in [1.165, 1.54) is 11.1 Å². The van der Waals surface area contributed by atoms with Crippen molar-refractivity contribution in [2.75, 3.05) is 13.1 Å². The van der Waals surface area contributed by atoms with Crippen molar-refractivity contribution >= 4 is 5.78 Å². The third-order valence-corrected chi connectivity index (χ3v) is 7.18. The molecule has 1 N–H and O–H groups in total. The number of aromatic nitrogens is 2. The summed E-state index contributed by atoms with van der Waals surface area (Å²) >= 11 is 0. The molecule has 6 heteroatoms. The molecular weight excluding hydrogens is 496 g/mol. The number of benzene rings is 2. The van der Waals surface area contributed by atoms with Crippen LogP contribution in [0.4, 0.5) is 0 Å². The quantitative estimate of drug-likeness (QED) is 0.262. The van der Waals surface area contributed by atoms with E-state index in [0.717, 1.165) is 49.3 Å². The van der Waals surface area contributed by atoms with E-state index in [1.54, 1.807) is 10.9 Å².